The van der Waals surface area contributed by atoms with Crippen LogP contribution in [0.4, 0.5) is 0 Å². The van der Waals surface area contributed by atoms with E-state index in [-0.39, 0.29) is 0 Å². The van der Waals surface area contributed by atoms with Crippen LogP contribution in [0.5, 0.6) is 0 Å². The number of pyridine rings is 1. The molecule has 2 bridgehead atoms. The molecule has 2 saturated heterocycles. The SMILES string of the molecule is CN1C[C@@H]2C[C@H]1CN2Cc1cccnc1. The minimum atomic E-state index is 0.778. The smallest absolute Gasteiger partial charge is 0.0312 e. The summed E-state index contributed by atoms with van der Waals surface area (Å²) < 4.78 is 0. The van der Waals surface area contributed by atoms with Crippen LogP contribution in [0.15, 0.2) is 24.5 Å². The summed E-state index contributed by atoms with van der Waals surface area (Å²) in [6.07, 6.45) is 5.18. The maximum atomic E-state index is 4.17. The highest BCUT2D eigenvalue weighted by Crippen LogP contribution is 2.30. The quantitative estimate of drug-likeness (QED) is 0.714. The van der Waals surface area contributed by atoms with E-state index in [1.807, 2.05) is 18.5 Å². The van der Waals surface area contributed by atoms with Crippen LogP contribution in [-0.4, -0.2) is 47.0 Å². The summed E-state index contributed by atoms with van der Waals surface area (Å²) in [6.45, 7) is 3.55. The summed E-state index contributed by atoms with van der Waals surface area (Å²) in [6, 6.07) is 5.77. The molecule has 3 rings (SSSR count). The first-order valence-electron chi connectivity index (χ1n) is 5.66. The molecule has 0 aliphatic carbocycles. The highest BCUT2D eigenvalue weighted by molar-refractivity contribution is 5.10. The lowest BCUT2D eigenvalue weighted by Crippen LogP contribution is -2.43. The molecule has 15 heavy (non-hydrogen) atoms. The standard InChI is InChI=1S/C12H17N3/c1-14-8-12-5-11(14)9-15(12)7-10-3-2-4-13-6-10/h2-4,6,11-12H,5,7-9H2,1H3/t11-,12-/m0/s1. The molecule has 2 aliphatic rings. The van der Waals surface area contributed by atoms with E-state index in [0.717, 1.165) is 18.6 Å². The predicted molar refractivity (Wildman–Crippen MR) is 59.5 cm³/mol. The van der Waals surface area contributed by atoms with Gasteiger partial charge < -0.3 is 4.90 Å². The lowest BCUT2D eigenvalue weighted by molar-refractivity contribution is 0.143. The molecular weight excluding hydrogens is 186 g/mol. The molecule has 1 aromatic rings. The number of likely N-dealkylation sites (tertiary alicyclic amines) is 2. The molecule has 0 saturated carbocycles. The third kappa shape index (κ3) is 1.66. The summed E-state index contributed by atoms with van der Waals surface area (Å²) in [4.78, 5) is 9.26. The van der Waals surface area contributed by atoms with E-state index in [1.54, 1.807) is 0 Å². The summed E-state index contributed by atoms with van der Waals surface area (Å²) in [5, 5.41) is 0. The summed E-state index contributed by atoms with van der Waals surface area (Å²) in [5.41, 5.74) is 1.34. The number of rotatable bonds is 2. The van der Waals surface area contributed by atoms with E-state index < -0.39 is 0 Å². The van der Waals surface area contributed by atoms with E-state index in [2.05, 4.69) is 27.9 Å². The largest absolute Gasteiger partial charge is 0.301 e. The first-order chi connectivity index (χ1) is 7.33. The fourth-order valence-electron chi connectivity index (χ4n) is 2.87. The van der Waals surface area contributed by atoms with Crippen molar-refractivity contribution in [2.45, 2.75) is 25.0 Å². The number of hydrogen-bond donors (Lipinski definition) is 0. The lowest BCUT2D eigenvalue weighted by atomic mass is 10.2. The fraction of sp³-hybridized carbons (Fsp3) is 0.583. The van der Waals surface area contributed by atoms with Crippen LogP contribution in [0.25, 0.3) is 0 Å². The van der Waals surface area contributed by atoms with Crippen molar-refractivity contribution in [3.63, 3.8) is 0 Å². The number of likely N-dealkylation sites (N-methyl/N-ethyl adjacent to an activating group) is 1. The number of aromatic nitrogens is 1. The zero-order valence-electron chi connectivity index (χ0n) is 9.13. The Kier molecular flexibility index (Phi) is 2.22. The average molecular weight is 203 g/mol. The van der Waals surface area contributed by atoms with E-state index in [4.69, 9.17) is 0 Å². The molecule has 80 valence electrons. The van der Waals surface area contributed by atoms with Crippen LogP contribution in [0, 0.1) is 0 Å². The zero-order chi connectivity index (χ0) is 10.3. The molecular formula is C12H17N3. The molecule has 3 heteroatoms. The molecule has 3 nitrogen and oxygen atoms in total. The van der Waals surface area contributed by atoms with Gasteiger partial charge in [0.1, 0.15) is 0 Å². The van der Waals surface area contributed by atoms with Crippen molar-refractivity contribution < 1.29 is 0 Å². The Balaban J connectivity index is 1.67. The van der Waals surface area contributed by atoms with Gasteiger partial charge >= 0.3 is 0 Å². The van der Waals surface area contributed by atoms with Crippen LogP contribution in [0.1, 0.15) is 12.0 Å². The fourth-order valence-corrected chi connectivity index (χ4v) is 2.87. The van der Waals surface area contributed by atoms with Gasteiger partial charge in [-0.1, -0.05) is 6.07 Å². The van der Waals surface area contributed by atoms with Gasteiger partial charge in [0.25, 0.3) is 0 Å². The Morgan fingerprint density at radius 1 is 1.40 bits per heavy atom. The molecule has 1 aromatic heterocycles. The average Bonchev–Trinajstić information content (AvgIpc) is 2.78. The van der Waals surface area contributed by atoms with Crippen molar-refractivity contribution >= 4 is 0 Å². The Hall–Kier alpha value is -0.930. The van der Waals surface area contributed by atoms with Crippen molar-refractivity contribution in [3.05, 3.63) is 30.1 Å². The normalized spacial score (nSPS) is 31.3. The molecule has 2 aliphatic heterocycles. The van der Waals surface area contributed by atoms with E-state index in [0.29, 0.717) is 0 Å². The summed E-state index contributed by atoms with van der Waals surface area (Å²) in [7, 11) is 2.24. The molecule has 2 atom stereocenters. The molecule has 0 N–H and O–H groups in total. The van der Waals surface area contributed by atoms with Gasteiger partial charge in [-0.15, -0.1) is 0 Å². The van der Waals surface area contributed by atoms with Gasteiger partial charge in [0.05, 0.1) is 0 Å². The topological polar surface area (TPSA) is 19.4 Å². The van der Waals surface area contributed by atoms with Gasteiger partial charge in [-0.05, 0) is 25.1 Å². The van der Waals surface area contributed by atoms with Crippen molar-refractivity contribution in [2.75, 3.05) is 20.1 Å². The van der Waals surface area contributed by atoms with Gasteiger partial charge in [-0.2, -0.15) is 0 Å². The minimum Gasteiger partial charge on any atom is -0.301 e. The molecule has 0 spiro atoms. The van der Waals surface area contributed by atoms with Crippen LogP contribution >= 0.6 is 0 Å². The van der Waals surface area contributed by atoms with E-state index >= 15 is 0 Å². The van der Waals surface area contributed by atoms with Crippen molar-refractivity contribution in [1.29, 1.82) is 0 Å². The lowest BCUT2D eigenvalue weighted by Gasteiger charge is -2.31. The zero-order valence-corrected chi connectivity index (χ0v) is 9.13. The monoisotopic (exact) mass is 203 g/mol. The Morgan fingerprint density at radius 3 is 2.93 bits per heavy atom. The van der Waals surface area contributed by atoms with Gasteiger partial charge in [0, 0.05) is 44.1 Å². The minimum absolute atomic E-state index is 0.778. The van der Waals surface area contributed by atoms with Gasteiger partial charge in [0.2, 0.25) is 0 Å². The third-order valence-electron chi connectivity index (χ3n) is 3.74. The highest BCUT2D eigenvalue weighted by atomic mass is 15.3. The van der Waals surface area contributed by atoms with Crippen molar-refractivity contribution in [3.8, 4) is 0 Å². The Morgan fingerprint density at radius 2 is 2.33 bits per heavy atom. The summed E-state index contributed by atoms with van der Waals surface area (Å²) >= 11 is 0. The molecule has 0 radical (unpaired) electrons. The highest BCUT2D eigenvalue weighted by Gasteiger charge is 2.40. The third-order valence-corrected chi connectivity index (χ3v) is 3.74. The second kappa shape index (κ2) is 3.58. The van der Waals surface area contributed by atoms with Gasteiger partial charge in [0.15, 0.2) is 0 Å². The van der Waals surface area contributed by atoms with Gasteiger partial charge in [-0.25, -0.2) is 0 Å². The second-order valence-corrected chi connectivity index (χ2v) is 4.77. The second-order valence-electron chi connectivity index (χ2n) is 4.77. The van der Waals surface area contributed by atoms with Crippen molar-refractivity contribution in [1.82, 2.24) is 14.8 Å². The van der Waals surface area contributed by atoms with Crippen LogP contribution in [0.3, 0.4) is 0 Å². The Bertz CT molecular complexity index is 336. The number of hydrogen-bond acceptors (Lipinski definition) is 3. The number of piperazine rings is 1. The van der Waals surface area contributed by atoms with Crippen molar-refractivity contribution in [2.24, 2.45) is 0 Å². The number of fused-ring (bicyclic) bond motifs is 2. The van der Waals surface area contributed by atoms with Crippen LogP contribution in [0.2, 0.25) is 0 Å². The first kappa shape index (κ1) is 9.31. The first-order valence-corrected chi connectivity index (χ1v) is 5.66. The van der Waals surface area contributed by atoms with Gasteiger partial charge in [-0.3, -0.25) is 9.88 Å². The molecule has 0 amide bonds. The Labute approximate surface area is 90.7 Å². The van der Waals surface area contributed by atoms with E-state index in [9.17, 15) is 0 Å². The maximum Gasteiger partial charge on any atom is 0.0312 e. The number of nitrogens with zero attached hydrogens (tertiary/aromatic N) is 3. The van der Waals surface area contributed by atoms with E-state index in [1.165, 1.54) is 25.1 Å². The molecule has 2 fully saturated rings. The van der Waals surface area contributed by atoms with Crippen LogP contribution in [-0.2, 0) is 6.54 Å². The van der Waals surface area contributed by atoms with Crippen LogP contribution < -0.4 is 0 Å². The molecule has 3 heterocycles. The predicted octanol–water partition coefficient (Wildman–Crippen LogP) is 0.970. The molecule has 0 unspecified atom stereocenters. The summed E-state index contributed by atoms with van der Waals surface area (Å²) in [5.74, 6) is 0. The molecule has 0 aromatic carbocycles. The maximum absolute atomic E-state index is 4.17.